The molecule has 96 valence electrons. The first-order valence-corrected chi connectivity index (χ1v) is 7.01. The van der Waals surface area contributed by atoms with Gasteiger partial charge in [0.05, 0.1) is 6.04 Å². The van der Waals surface area contributed by atoms with Crippen LogP contribution in [-0.2, 0) is 0 Å². The number of ether oxygens (including phenoxy) is 1. The highest BCUT2D eigenvalue weighted by Crippen LogP contribution is 2.48. The highest BCUT2D eigenvalue weighted by molar-refractivity contribution is 8.93. The zero-order valence-corrected chi connectivity index (χ0v) is 12.7. The van der Waals surface area contributed by atoms with E-state index in [-0.39, 0.29) is 22.7 Å². The number of hydrogen-bond acceptors (Lipinski definition) is 4. The Morgan fingerprint density at radius 2 is 2.28 bits per heavy atom. The lowest BCUT2D eigenvalue weighted by Crippen LogP contribution is -2.48. The van der Waals surface area contributed by atoms with E-state index in [1.807, 2.05) is 17.8 Å². The fourth-order valence-corrected chi connectivity index (χ4v) is 4.06. The Balaban J connectivity index is 0.000001000. The van der Waals surface area contributed by atoms with Crippen LogP contribution < -0.4 is 4.74 Å². The fourth-order valence-electron chi connectivity index (χ4n) is 2.94. The lowest BCUT2D eigenvalue weighted by atomic mass is 9.91. The van der Waals surface area contributed by atoms with Crippen molar-refractivity contribution in [3.8, 4) is 5.75 Å². The first-order chi connectivity index (χ1) is 8.25. The van der Waals surface area contributed by atoms with Gasteiger partial charge in [0.15, 0.2) is 5.17 Å². The molecule has 1 saturated heterocycles. The maximum absolute atomic E-state index is 6.07. The number of fused-ring (bicyclic) bond motifs is 6. The van der Waals surface area contributed by atoms with Crippen molar-refractivity contribution in [2.24, 2.45) is 4.99 Å². The van der Waals surface area contributed by atoms with Gasteiger partial charge in [-0.05, 0) is 13.0 Å². The van der Waals surface area contributed by atoms with E-state index in [0.717, 1.165) is 24.5 Å². The molecule has 0 spiro atoms. The van der Waals surface area contributed by atoms with Crippen molar-refractivity contribution in [3.63, 3.8) is 0 Å². The number of hydrogen-bond donors (Lipinski definition) is 0. The molecule has 1 fully saturated rings. The summed E-state index contributed by atoms with van der Waals surface area (Å²) >= 11 is 1.85. The highest BCUT2D eigenvalue weighted by atomic mass is 79.9. The van der Waals surface area contributed by atoms with E-state index in [9.17, 15) is 0 Å². The molecule has 3 nitrogen and oxygen atoms in total. The Labute approximate surface area is 121 Å². The van der Waals surface area contributed by atoms with E-state index in [2.05, 4.69) is 30.0 Å². The van der Waals surface area contributed by atoms with Crippen LogP contribution in [0.3, 0.4) is 0 Å². The molecule has 0 radical (unpaired) electrons. The molecule has 0 N–H and O–H groups in total. The summed E-state index contributed by atoms with van der Waals surface area (Å²) in [4.78, 5) is 7.22. The third kappa shape index (κ3) is 1.67. The molecule has 0 saturated carbocycles. The number of aliphatic imine (C=N–C) groups is 1. The Kier molecular flexibility index (Phi) is 2.86. The molecule has 0 amide bonds. The second-order valence-electron chi connectivity index (χ2n) is 4.97. The normalized spacial score (nSPS) is 31.7. The first-order valence-electron chi connectivity index (χ1n) is 6.02. The summed E-state index contributed by atoms with van der Waals surface area (Å²) in [5.74, 6) is 2.15. The van der Waals surface area contributed by atoms with Gasteiger partial charge in [-0.25, -0.2) is 4.99 Å². The lowest BCUT2D eigenvalue weighted by Gasteiger charge is -2.45. The van der Waals surface area contributed by atoms with Crippen LogP contribution in [0.25, 0.3) is 0 Å². The van der Waals surface area contributed by atoms with Crippen LogP contribution in [-0.4, -0.2) is 28.1 Å². The third-order valence-corrected chi connectivity index (χ3v) is 4.67. The topological polar surface area (TPSA) is 24.8 Å². The number of benzene rings is 1. The molecule has 0 aromatic heterocycles. The van der Waals surface area contributed by atoms with Crippen molar-refractivity contribution >= 4 is 33.9 Å². The van der Waals surface area contributed by atoms with E-state index < -0.39 is 0 Å². The monoisotopic (exact) mass is 326 g/mol. The van der Waals surface area contributed by atoms with Gasteiger partial charge in [-0.1, -0.05) is 30.0 Å². The standard InChI is InChI=1S/C13H14N2OS.BrH/c1-13-8-10(15-6-7-17-12(15)14-13)9-4-2-3-5-11(9)16-13;/h2-5,10H,6-8H2,1H3;1H/t10-,13-;/m0./s1. The predicted molar refractivity (Wildman–Crippen MR) is 79.8 cm³/mol. The van der Waals surface area contributed by atoms with Crippen molar-refractivity contribution in [1.29, 1.82) is 0 Å². The summed E-state index contributed by atoms with van der Waals surface area (Å²) in [7, 11) is 0. The Bertz CT molecular complexity index is 521. The van der Waals surface area contributed by atoms with E-state index in [1.54, 1.807) is 0 Å². The molecule has 3 aliphatic heterocycles. The highest BCUT2D eigenvalue weighted by Gasteiger charge is 2.46. The van der Waals surface area contributed by atoms with Gasteiger partial charge in [-0.15, -0.1) is 17.0 Å². The van der Waals surface area contributed by atoms with Crippen LogP contribution in [0, 0.1) is 0 Å². The van der Waals surface area contributed by atoms with Crippen molar-refractivity contribution in [2.45, 2.75) is 25.1 Å². The average Bonchev–Trinajstić information content (AvgIpc) is 2.75. The molecule has 2 bridgehead atoms. The van der Waals surface area contributed by atoms with Crippen LogP contribution in [0.2, 0.25) is 0 Å². The molecule has 3 aliphatic rings. The van der Waals surface area contributed by atoms with Crippen LogP contribution in [0.1, 0.15) is 24.9 Å². The molecule has 4 rings (SSSR count). The van der Waals surface area contributed by atoms with Gasteiger partial charge in [-0.3, -0.25) is 0 Å². The maximum Gasteiger partial charge on any atom is 0.202 e. The van der Waals surface area contributed by atoms with Crippen molar-refractivity contribution in [3.05, 3.63) is 29.8 Å². The second kappa shape index (κ2) is 4.17. The number of para-hydroxylation sites is 1. The smallest absolute Gasteiger partial charge is 0.202 e. The van der Waals surface area contributed by atoms with Gasteiger partial charge in [0, 0.05) is 24.3 Å². The van der Waals surface area contributed by atoms with Crippen LogP contribution in [0.15, 0.2) is 29.3 Å². The summed E-state index contributed by atoms with van der Waals surface area (Å²) in [5.41, 5.74) is 0.960. The molecule has 0 unspecified atom stereocenters. The van der Waals surface area contributed by atoms with Crippen LogP contribution in [0.4, 0.5) is 0 Å². The molecule has 3 heterocycles. The van der Waals surface area contributed by atoms with Crippen molar-refractivity contribution in [1.82, 2.24) is 4.90 Å². The van der Waals surface area contributed by atoms with Gasteiger partial charge < -0.3 is 9.64 Å². The predicted octanol–water partition coefficient (Wildman–Crippen LogP) is 3.22. The van der Waals surface area contributed by atoms with Gasteiger partial charge >= 0.3 is 0 Å². The number of nitrogens with zero attached hydrogens (tertiary/aromatic N) is 2. The van der Waals surface area contributed by atoms with Crippen molar-refractivity contribution in [2.75, 3.05) is 12.3 Å². The Morgan fingerprint density at radius 1 is 1.44 bits per heavy atom. The minimum Gasteiger partial charge on any atom is -0.466 e. The summed E-state index contributed by atoms with van der Waals surface area (Å²) in [6, 6.07) is 8.83. The minimum absolute atomic E-state index is 0. The van der Waals surface area contributed by atoms with E-state index in [1.165, 1.54) is 10.7 Å². The second-order valence-corrected chi connectivity index (χ2v) is 6.03. The average molecular weight is 327 g/mol. The summed E-state index contributed by atoms with van der Waals surface area (Å²) < 4.78 is 6.07. The zero-order valence-electron chi connectivity index (χ0n) is 10.1. The van der Waals surface area contributed by atoms with Gasteiger partial charge in [0.2, 0.25) is 5.72 Å². The molecular formula is C13H15BrN2OS. The first kappa shape index (κ1) is 12.4. The van der Waals surface area contributed by atoms with Gasteiger partial charge in [0.1, 0.15) is 5.75 Å². The molecule has 2 atom stereocenters. The Morgan fingerprint density at radius 3 is 3.17 bits per heavy atom. The number of amidine groups is 1. The van der Waals surface area contributed by atoms with Crippen molar-refractivity contribution < 1.29 is 4.74 Å². The van der Waals surface area contributed by atoms with Gasteiger partial charge in [-0.2, -0.15) is 0 Å². The number of halogens is 1. The SMILES string of the molecule is Br.C[C@@]12C[C@@H](c3ccccc3O1)N1CCSC1=N2. The summed E-state index contributed by atoms with van der Waals surface area (Å²) in [6.45, 7) is 3.21. The van der Waals surface area contributed by atoms with E-state index in [4.69, 9.17) is 9.73 Å². The lowest BCUT2D eigenvalue weighted by molar-refractivity contribution is 0.0271. The quantitative estimate of drug-likeness (QED) is 0.731. The largest absolute Gasteiger partial charge is 0.466 e. The molecule has 1 aromatic carbocycles. The van der Waals surface area contributed by atoms with E-state index in [0.29, 0.717) is 6.04 Å². The fraction of sp³-hybridized carbons (Fsp3) is 0.462. The third-order valence-electron chi connectivity index (χ3n) is 3.70. The Hall–Kier alpha value is -0.680. The maximum atomic E-state index is 6.07. The van der Waals surface area contributed by atoms with Gasteiger partial charge in [0.25, 0.3) is 0 Å². The minimum atomic E-state index is -0.359. The molecule has 5 heteroatoms. The molecule has 1 aromatic rings. The number of thioether (sulfide) groups is 1. The zero-order chi connectivity index (χ0) is 11.5. The molecule has 18 heavy (non-hydrogen) atoms. The molecular weight excluding hydrogens is 312 g/mol. The molecule has 0 aliphatic carbocycles. The van der Waals surface area contributed by atoms with Crippen LogP contribution >= 0.6 is 28.7 Å². The summed E-state index contributed by atoms with van der Waals surface area (Å²) in [5, 5.41) is 1.17. The summed E-state index contributed by atoms with van der Waals surface area (Å²) in [6.07, 6.45) is 0.966. The van der Waals surface area contributed by atoms with Crippen LogP contribution in [0.5, 0.6) is 5.75 Å². The number of rotatable bonds is 0. The van der Waals surface area contributed by atoms with E-state index >= 15 is 0 Å².